The van der Waals surface area contributed by atoms with E-state index in [2.05, 4.69) is 48.3 Å². The number of hydrogen-bond acceptors (Lipinski definition) is 1. The fourth-order valence-electron chi connectivity index (χ4n) is 2.83. The van der Waals surface area contributed by atoms with Crippen LogP contribution in [0.2, 0.25) is 0 Å². The van der Waals surface area contributed by atoms with Crippen LogP contribution < -0.4 is 0 Å². The average molecular weight is 223 g/mol. The van der Waals surface area contributed by atoms with Gasteiger partial charge in [0.2, 0.25) is 0 Å². The molecule has 0 radical (unpaired) electrons. The Kier molecular flexibility index (Phi) is 2.68. The Morgan fingerprint density at radius 3 is 2.24 bits per heavy atom. The van der Waals surface area contributed by atoms with E-state index in [1.807, 2.05) is 12.3 Å². The van der Waals surface area contributed by atoms with Gasteiger partial charge in [0.05, 0.1) is 0 Å². The first-order chi connectivity index (χ1) is 8.34. The van der Waals surface area contributed by atoms with Gasteiger partial charge in [-0.1, -0.05) is 37.3 Å². The lowest BCUT2D eigenvalue weighted by Crippen LogP contribution is -2.11. The maximum Gasteiger partial charge on any atom is 0.0434 e. The second-order valence-electron chi connectivity index (χ2n) is 4.98. The second-order valence-corrected chi connectivity index (χ2v) is 4.98. The highest BCUT2D eigenvalue weighted by Gasteiger charge is 2.27. The number of aromatic nitrogens is 1. The summed E-state index contributed by atoms with van der Waals surface area (Å²) in [6.07, 6.45) is 4.30. The molecule has 1 aromatic heterocycles. The van der Waals surface area contributed by atoms with Crippen LogP contribution in [-0.2, 0) is 12.8 Å². The molecule has 0 N–H and O–H groups in total. The summed E-state index contributed by atoms with van der Waals surface area (Å²) in [5.74, 6) is 1.26. The minimum atomic E-state index is 0.545. The molecule has 1 unspecified atom stereocenters. The van der Waals surface area contributed by atoms with Crippen molar-refractivity contribution in [1.82, 2.24) is 4.98 Å². The maximum absolute atomic E-state index is 4.49. The van der Waals surface area contributed by atoms with Gasteiger partial charge in [-0.05, 0) is 42.0 Å². The zero-order valence-corrected chi connectivity index (χ0v) is 10.1. The minimum absolute atomic E-state index is 0.545. The summed E-state index contributed by atoms with van der Waals surface area (Å²) in [6, 6.07) is 15.0. The lowest BCUT2D eigenvalue weighted by molar-refractivity contribution is 0.462. The number of pyridine rings is 1. The molecule has 1 aromatic carbocycles. The van der Waals surface area contributed by atoms with Crippen LogP contribution in [0.5, 0.6) is 0 Å². The van der Waals surface area contributed by atoms with Crippen LogP contribution in [-0.4, -0.2) is 4.98 Å². The summed E-state index contributed by atoms with van der Waals surface area (Å²) in [6.45, 7) is 2.30. The van der Waals surface area contributed by atoms with Gasteiger partial charge in [-0.2, -0.15) is 0 Å². The molecule has 0 amide bonds. The van der Waals surface area contributed by atoms with E-state index in [-0.39, 0.29) is 0 Å². The quantitative estimate of drug-likeness (QED) is 0.758. The van der Waals surface area contributed by atoms with E-state index in [0.717, 1.165) is 0 Å². The van der Waals surface area contributed by atoms with Crippen LogP contribution in [0.4, 0.5) is 0 Å². The number of benzene rings is 1. The van der Waals surface area contributed by atoms with E-state index in [4.69, 9.17) is 0 Å². The van der Waals surface area contributed by atoms with Crippen molar-refractivity contribution in [3.05, 3.63) is 65.5 Å². The van der Waals surface area contributed by atoms with Crippen LogP contribution in [0.3, 0.4) is 0 Å². The molecule has 86 valence electrons. The van der Waals surface area contributed by atoms with Gasteiger partial charge in [-0.3, -0.25) is 4.98 Å². The monoisotopic (exact) mass is 223 g/mol. The zero-order valence-electron chi connectivity index (χ0n) is 10.1. The van der Waals surface area contributed by atoms with E-state index >= 15 is 0 Å². The van der Waals surface area contributed by atoms with Crippen LogP contribution in [0.15, 0.2) is 48.7 Å². The van der Waals surface area contributed by atoms with Crippen molar-refractivity contribution in [3.63, 3.8) is 0 Å². The second kappa shape index (κ2) is 4.33. The van der Waals surface area contributed by atoms with Gasteiger partial charge in [-0.15, -0.1) is 0 Å². The van der Waals surface area contributed by atoms with Crippen molar-refractivity contribution in [1.29, 1.82) is 0 Å². The summed E-state index contributed by atoms with van der Waals surface area (Å²) in [7, 11) is 0. The fraction of sp³-hybridized carbons (Fsp3) is 0.312. The molecule has 0 fully saturated rings. The van der Waals surface area contributed by atoms with E-state index in [9.17, 15) is 0 Å². The normalized spacial score (nSPS) is 16.8. The summed E-state index contributed by atoms with van der Waals surface area (Å²) in [5.41, 5.74) is 4.28. The standard InChI is InChI=1S/C16H17N/c1-12(16-8-4-5-9-17-16)15-10-13-6-2-3-7-14(13)11-15/h2-9,12,15H,10-11H2,1H3. The van der Waals surface area contributed by atoms with Gasteiger partial charge in [0.15, 0.2) is 0 Å². The van der Waals surface area contributed by atoms with Gasteiger partial charge in [0.25, 0.3) is 0 Å². The molecule has 0 bridgehead atoms. The topological polar surface area (TPSA) is 12.9 Å². The Labute approximate surface area is 103 Å². The third-order valence-corrected chi connectivity index (χ3v) is 3.94. The Hall–Kier alpha value is -1.63. The summed E-state index contributed by atoms with van der Waals surface area (Å²) in [4.78, 5) is 4.49. The van der Waals surface area contributed by atoms with Crippen molar-refractivity contribution in [2.45, 2.75) is 25.7 Å². The molecule has 1 nitrogen and oxygen atoms in total. The predicted octanol–water partition coefficient (Wildman–Crippen LogP) is 3.60. The van der Waals surface area contributed by atoms with Crippen molar-refractivity contribution in [2.75, 3.05) is 0 Å². The number of nitrogens with zero attached hydrogens (tertiary/aromatic N) is 1. The van der Waals surface area contributed by atoms with Crippen LogP contribution >= 0.6 is 0 Å². The third-order valence-electron chi connectivity index (χ3n) is 3.94. The number of rotatable bonds is 2. The highest BCUT2D eigenvalue weighted by Crippen LogP contribution is 2.35. The van der Waals surface area contributed by atoms with E-state index < -0.39 is 0 Å². The van der Waals surface area contributed by atoms with Gasteiger partial charge in [0.1, 0.15) is 0 Å². The lowest BCUT2D eigenvalue weighted by atomic mass is 9.88. The van der Waals surface area contributed by atoms with Gasteiger partial charge in [-0.25, -0.2) is 0 Å². The largest absolute Gasteiger partial charge is 0.261 e. The molecule has 0 spiro atoms. The van der Waals surface area contributed by atoms with Gasteiger partial charge >= 0.3 is 0 Å². The smallest absolute Gasteiger partial charge is 0.0434 e. The Morgan fingerprint density at radius 1 is 1.00 bits per heavy atom. The van der Waals surface area contributed by atoms with Gasteiger partial charge < -0.3 is 0 Å². The van der Waals surface area contributed by atoms with Crippen molar-refractivity contribution in [3.8, 4) is 0 Å². The third kappa shape index (κ3) is 1.97. The first kappa shape index (κ1) is 10.5. The molecular formula is C16H17N. The van der Waals surface area contributed by atoms with E-state index in [1.54, 1.807) is 0 Å². The molecule has 0 aliphatic heterocycles. The van der Waals surface area contributed by atoms with Crippen molar-refractivity contribution in [2.24, 2.45) is 5.92 Å². The van der Waals surface area contributed by atoms with Crippen molar-refractivity contribution < 1.29 is 0 Å². The molecule has 2 aromatic rings. The predicted molar refractivity (Wildman–Crippen MR) is 70.0 cm³/mol. The highest BCUT2D eigenvalue weighted by atomic mass is 14.7. The molecule has 1 atom stereocenters. The Balaban J connectivity index is 1.81. The molecule has 0 saturated heterocycles. The van der Waals surface area contributed by atoms with Crippen molar-refractivity contribution >= 4 is 0 Å². The Morgan fingerprint density at radius 2 is 1.65 bits per heavy atom. The summed E-state index contributed by atoms with van der Waals surface area (Å²) >= 11 is 0. The van der Waals surface area contributed by atoms with Crippen LogP contribution in [0.25, 0.3) is 0 Å². The first-order valence-corrected chi connectivity index (χ1v) is 6.32. The van der Waals surface area contributed by atoms with E-state index in [1.165, 1.54) is 29.7 Å². The molecule has 17 heavy (non-hydrogen) atoms. The zero-order chi connectivity index (χ0) is 11.7. The molecular weight excluding hydrogens is 206 g/mol. The molecule has 1 aliphatic carbocycles. The summed E-state index contributed by atoms with van der Waals surface area (Å²) in [5, 5.41) is 0. The minimum Gasteiger partial charge on any atom is -0.261 e. The first-order valence-electron chi connectivity index (χ1n) is 6.32. The Bertz CT molecular complexity index is 479. The summed E-state index contributed by atoms with van der Waals surface area (Å²) < 4.78 is 0. The number of fused-ring (bicyclic) bond motifs is 1. The molecule has 3 rings (SSSR count). The SMILES string of the molecule is CC(c1ccccn1)C1Cc2ccccc2C1. The maximum atomic E-state index is 4.49. The highest BCUT2D eigenvalue weighted by molar-refractivity contribution is 5.33. The van der Waals surface area contributed by atoms with Crippen LogP contribution in [0, 0.1) is 5.92 Å². The molecule has 0 saturated carbocycles. The van der Waals surface area contributed by atoms with E-state index in [0.29, 0.717) is 11.8 Å². The van der Waals surface area contributed by atoms with Gasteiger partial charge in [0, 0.05) is 17.8 Å². The number of hydrogen-bond donors (Lipinski definition) is 0. The molecule has 1 heterocycles. The molecule has 1 aliphatic rings. The fourth-order valence-corrected chi connectivity index (χ4v) is 2.83. The average Bonchev–Trinajstić information content (AvgIpc) is 2.82. The lowest BCUT2D eigenvalue weighted by Gasteiger charge is -2.18. The van der Waals surface area contributed by atoms with Crippen LogP contribution in [0.1, 0.15) is 29.7 Å². The molecule has 1 heteroatoms.